The first-order valence-electron chi connectivity index (χ1n) is 9.86. The summed E-state index contributed by atoms with van der Waals surface area (Å²) < 4.78 is 79.7. The molecule has 180 valence electrons. The number of aromatic nitrogens is 1. The van der Waals surface area contributed by atoms with Crippen LogP contribution in [-0.2, 0) is 14.8 Å². The highest BCUT2D eigenvalue weighted by Crippen LogP contribution is 2.37. The Bertz CT molecular complexity index is 1400. The summed E-state index contributed by atoms with van der Waals surface area (Å²) in [5.41, 5.74) is 0.281. The lowest BCUT2D eigenvalue weighted by molar-refractivity contribution is -0.185. The van der Waals surface area contributed by atoms with E-state index in [0.29, 0.717) is 16.9 Å². The van der Waals surface area contributed by atoms with Crippen molar-refractivity contribution in [2.45, 2.75) is 11.1 Å². The molecule has 1 saturated heterocycles. The molecule has 0 N–H and O–H groups in total. The van der Waals surface area contributed by atoms with Gasteiger partial charge in [0.25, 0.3) is 10.0 Å². The van der Waals surface area contributed by atoms with Gasteiger partial charge in [0.15, 0.2) is 6.29 Å². The maximum atomic E-state index is 14.3. The van der Waals surface area contributed by atoms with E-state index >= 15 is 0 Å². The smallest absolute Gasteiger partial charge is 0.367 e. The van der Waals surface area contributed by atoms with Gasteiger partial charge in [0.05, 0.1) is 5.52 Å². The van der Waals surface area contributed by atoms with Gasteiger partial charge in [0.2, 0.25) is 0 Å². The first kappa shape index (κ1) is 24.0. The SMILES string of the molecule is O=Cc1cn(S(=O)(=O)c2ccccc2F)c2cc(Cl)cc(N3CCN(C(=O)C(F)(F)F)CC3)c12. The monoisotopic (exact) mass is 517 g/mol. The lowest BCUT2D eigenvalue weighted by atomic mass is 10.1. The third kappa shape index (κ3) is 4.11. The van der Waals surface area contributed by atoms with Crippen molar-refractivity contribution in [3.05, 3.63) is 59.0 Å². The highest BCUT2D eigenvalue weighted by Gasteiger charge is 2.43. The largest absolute Gasteiger partial charge is 0.471 e. The molecule has 0 aliphatic carbocycles. The maximum absolute atomic E-state index is 14.3. The van der Waals surface area contributed by atoms with E-state index in [1.54, 1.807) is 4.90 Å². The van der Waals surface area contributed by atoms with Crippen LogP contribution in [0.15, 0.2) is 47.5 Å². The molecule has 0 atom stereocenters. The van der Waals surface area contributed by atoms with Crippen LogP contribution < -0.4 is 4.90 Å². The summed E-state index contributed by atoms with van der Waals surface area (Å²) in [5, 5.41) is 0.284. The number of halogens is 5. The van der Waals surface area contributed by atoms with Crippen LogP contribution >= 0.6 is 11.6 Å². The second-order valence-electron chi connectivity index (χ2n) is 7.53. The van der Waals surface area contributed by atoms with Crippen molar-refractivity contribution in [2.24, 2.45) is 0 Å². The van der Waals surface area contributed by atoms with Crippen molar-refractivity contribution in [2.75, 3.05) is 31.1 Å². The Hall–Kier alpha value is -3.12. The summed E-state index contributed by atoms with van der Waals surface area (Å²) in [6, 6.07) is 7.51. The van der Waals surface area contributed by atoms with E-state index in [1.165, 1.54) is 24.3 Å². The number of benzene rings is 2. The number of hydrogen-bond donors (Lipinski definition) is 0. The Balaban J connectivity index is 1.80. The zero-order chi connectivity index (χ0) is 24.8. The molecule has 3 aromatic rings. The number of anilines is 1. The summed E-state index contributed by atoms with van der Waals surface area (Å²) >= 11 is 6.22. The molecule has 0 spiro atoms. The van der Waals surface area contributed by atoms with Crippen molar-refractivity contribution in [3.8, 4) is 0 Å². The lowest BCUT2D eigenvalue weighted by Gasteiger charge is -2.36. The van der Waals surface area contributed by atoms with Crippen molar-refractivity contribution in [1.29, 1.82) is 0 Å². The van der Waals surface area contributed by atoms with Crippen molar-refractivity contribution in [1.82, 2.24) is 8.87 Å². The first-order chi connectivity index (χ1) is 15.9. The Labute approximate surface area is 196 Å². The molecule has 1 fully saturated rings. The Morgan fingerprint density at radius 3 is 2.29 bits per heavy atom. The fourth-order valence-corrected chi connectivity index (χ4v) is 5.57. The predicted molar refractivity (Wildman–Crippen MR) is 116 cm³/mol. The number of hydrogen-bond acceptors (Lipinski definition) is 5. The average molecular weight is 518 g/mol. The third-order valence-corrected chi connectivity index (χ3v) is 7.42. The number of amides is 1. The highest BCUT2D eigenvalue weighted by molar-refractivity contribution is 7.90. The summed E-state index contributed by atoms with van der Waals surface area (Å²) in [6.07, 6.45) is -3.52. The van der Waals surface area contributed by atoms with E-state index in [-0.39, 0.29) is 47.7 Å². The van der Waals surface area contributed by atoms with Gasteiger partial charge in [-0.15, -0.1) is 0 Å². The highest BCUT2D eigenvalue weighted by atomic mass is 35.5. The topological polar surface area (TPSA) is 79.7 Å². The second kappa shape index (κ2) is 8.58. The fraction of sp³-hybridized carbons (Fsp3) is 0.238. The number of carbonyl (C=O) groups excluding carboxylic acids is 2. The Kier molecular flexibility index (Phi) is 6.06. The number of alkyl halides is 3. The quantitative estimate of drug-likeness (QED) is 0.389. The number of nitrogens with zero attached hydrogens (tertiary/aromatic N) is 3. The van der Waals surface area contributed by atoms with Crippen LogP contribution in [0.3, 0.4) is 0 Å². The lowest BCUT2D eigenvalue weighted by Crippen LogP contribution is -2.52. The van der Waals surface area contributed by atoms with E-state index in [4.69, 9.17) is 11.6 Å². The summed E-state index contributed by atoms with van der Waals surface area (Å²) in [5.74, 6) is -2.93. The molecule has 1 aromatic heterocycles. The number of aldehydes is 1. The molecule has 0 unspecified atom stereocenters. The van der Waals surface area contributed by atoms with Gasteiger partial charge < -0.3 is 9.80 Å². The molecular weight excluding hydrogens is 502 g/mol. The zero-order valence-corrected chi connectivity index (χ0v) is 18.8. The van der Waals surface area contributed by atoms with Crippen LogP contribution in [0.2, 0.25) is 5.02 Å². The number of carbonyl (C=O) groups is 2. The minimum Gasteiger partial charge on any atom is -0.367 e. The van der Waals surface area contributed by atoms with Gasteiger partial charge in [-0.25, -0.2) is 16.8 Å². The van der Waals surface area contributed by atoms with E-state index in [1.807, 2.05) is 0 Å². The number of rotatable bonds is 4. The normalized spacial score (nSPS) is 15.1. The Morgan fingerprint density at radius 2 is 1.71 bits per heavy atom. The van der Waals surface area contributed by atoms with Gasteiger partial charge in [-0.1, -0.05) is 23.7 Å². The number of fused-ring (bicyclic) bond motifs is 1. The molecular formula is C21H16ClF4N3O4S. The van der Waals surface area contributed by atoms with Gasteiger partial charge in [-0.3, -0.25) is 9.59 Å². The second-order valence-corrected chi connectivity index (χ2v) is 9.75. The predicted octanol–water partition coefficient (Wildman–Crippen LogP) is 3.69. The van der Waals surface area contributed by atoms with E-state index in [0.717, 1.165) is 22.3 Å². The van der Waals surface area contributed by atoms with Crippen molar-refractivity contribution >= 4 is 50.4 Å². The molecule has 0 bridgehead atoms. The maximum Gasteiger partial charge on any atom is 0.471 e. The molecule has 1 amide bonds. The average Bonchev–Trinajstić information content (AvgIpc) is 3.17. The van der Waals surface area contributed by atoms with Crippen molar-refractivity contribution < 1.29 is 35.6 Å². The van der Waals surface area contributed by atoms with Gasteiger partial charge in [-0.2, -0.15) is 13.2 Å². The minimum atomic E-state index is -4.99. The van der Waals surface area contributed by atoms with E-state index < -0.39 is 32.8 Å². The third-order valence-electron chi connectivity index (χ3n) is 5.49. The Morgan fingerprint density at radius 1 is 1.06 bits per heavy atom. The molecule has 4 rings (SSSR count). The summed E-state index contributed by atoms with van der Waals surface area (Å²) in [7, 11) is -4.46. The first-order valence-corrected chi connectivity index (χ1v) is 11.7. The molecule has 1 aliphatic heterocycles. The molecule has 2 heterocycles. The summed E-state index contributed by atoms with van der Waals surface area (Å²) in [4.78, 5) is 25.0. The van der Waals surface area contributed by atoms with Gasteiger partial charge >= 0.3 is 12.1 Å². The standard InChI is InChI=1S/C21H16ClF4N3O4S/c22-14-9-16(27-5-7-28(8-6-27)20(31)21(24,25)26)19-13(12-30)11-29(17(19)10-14)34(32,33)18-4-2-1-3-15(18)23/h1-4,9-12H,5-8H2. The fourth-order valence-electron chi connectivity index (χ4n) is 3.94. The molecule has 0 saturated carbocycles. The zero-order valence-electron chi connectivity index (χ0n) is 17.2. The van der Waals surface area contributed by atoms with Crippen LogP contribution in [0, 0.1) is 5.82 Å². The number of piperazine rings is 1. The molecule has 2 aromatic carbocycles. The molecule has 34 heavy (non-hydrogen) atoms. The van der Waals surface area contributed by atoms with Crippen molar-refractivity contribution in [3.63, 3.8) is 0 Å². The van der Waals surface area contributed by atoms with Crippen LogP contribution in [0.1, 0.15) is 10.4 Å². The minimum absolute atomic E-state index is 0.00153. The van der Waals surface area contributed by atoms with Gasteiger partial charge in [0.1, 0.15) is 10.7 Å². The summed E-state index contributed by atoms with van der Waals surface area (Å²) in [6.45, 7) is -0.504. The molecule has 7 nitrogen and oxygen atoms in total. The van der Waals surface area contributed by atoms with Crippen LogP contribution in [-0.4, -0.2) is 61.8 Å². The van der Waals surface area contributed by atoms with E-state index in [9.17, 15) is 35.6 Å². The molecule has 13 heteroatoms. The van der Waals surface area contributed by atoms with Crippen LogP contribution in [0.5, 0.6) is 0 Å². The van der Waals surface area contributed by atoms with Gasteiger partial charge in [-0.05, 0) is 24.3 Å². The van der Waals surface area contributed by atoms with E-state index in [2.05, 4.69) is 0 Å². The van der Waals surface area contributed by atoms with Gasteiger partial charge in [0, 0.05) is 54.0 Å². The molecule has 1 aliphatic rings. The van der Waals surface area contributed by atoms with Crippen LogP contribution in [0.4, 0.5) is 23.2 Å². The van der Waals surface area contributed by atoms with Crippen LogP contribution in [0.25, 0.3) is 10.9 Å². The molecule has 0 radical (unpaired) electrons.